The molecule has 0 saturated heterocycles. The second kappa shape index (κ2) is 9.43. The number of hydrogen-bond acceptors (Lipinski definition) is 4. The summed E-state index contributed by atoms with van der Waals surface area (Å²) in [5, 5.41) is 12.4. The molecule has 2 aliphatic carbocycles. The van der Waals surface area contributed by atoms with E-state index in [0.29, 0.717) is 12.3 Å². The third-order valence-electron chi connectivity index (χ3n) is 6.46. The predicted octanol–water partition coefficient (Wildman–Crippen LogP) is 4.36. The van der Waals surface area contributed by atoms with Gasteiger partial charge in [0, 0.05) is 5.92 Å². The molecule has 1 saturated carbocycles. The molecular formula is C25H29NO4. The molecule has 2 aromatic carbocycles. The van der Waals surface area contributed by atoms with Crippen LogP contribution in [0.5, 0.6) is 0 Å². The molecule has 1 fully saturated rings. The lowest BCUT2D eigenvalue weighted by Gasteiger charge is -2.25. The van der Waals surface area contributed by atoms with Gasteiger partial charge in [-0.2, -0.15) is 0 Å². The summed E-state index contributed by atoms with van der Waals surface area (Å²) in [6, 6.07) is 15.7. The van der Waals surface area contributed by atoms with E-state index in [1.165, 1.54) is 41.5 Å². The molecule has 0 aromatic heterocycles. The summed E-state index contributed by atoms with van der Waals surface area (Å²) in [6.07, 6.45) is 6.31. The summed E-state index contributed by atoms with van der Waals surface area (Å²) in [7, 11) is 0. The summed E-state index contributed by atoms with van der Waals surface area (Å²) in [5.74, 6) is -0.868. The van der Waals surface area contributed by atoms with Crippen LogP contribution in [0, 0.1) is 5.92 Å². The Morgan fingerprint density at radius 1 is 0.967 bits per heavy atom. The van der Waals surface area contributed by atoms with Crippen molar-refractivity contribution in [3.63, 3.8) is 0 Å². The third kappa shape index (κ3) is 4.57. The van der Waals surface area contributed by atoms with E-state index in [2.05, 4.69) is 29.6 Å². The van der Waals surface area contributed by atoms with Gasteiger partial charge >= 0.3 is 11.9 Å². The Kier molecular flexibility index (Phi) is 6.48. The fraction of sp³-hybridized carbons (Fsp3) is 0.440. The van der Waals surface area contributed by atoms with Crippen molar-refractivity contribution in [2.24, 2.45) is 5.92 Å². The Labute approximate surface area is 177 Å². The lowest BCUT2D eigenvalue weighted by atomic mass is 9.85. The van der Waals surface area contributed by atoms with Crippen LogP contribution >= 0.6 is 0 Å². The van der Waals surface area contributed by atoms with Crippen LogP contribution in [0.25, 0.3) is 11.1 Å². The van der Waals surface area contributed by atoms with Crippen molar-refractivity contribution in [1.29, 1.82) is 0 Å². The van der Waals surface area contributed by atoms with Crippen molar-refractivity contribution in [3.05, 3.63) is 59.7 Å². The second-order valence-electron chi connectivity index (χ2n) is 8.42. The maximum Gasteiger partial charge on any atom is 0.320 e. The van der Waals surface area contributed by atoms with Crippen LogP contribution in [-0.4, -0.2) is 36.2 Å². The summed E-state index contributed by atoms with van der Waals surface area (Å²) in [6.45, 7) is 0.175. The highest BCUT2D eigenvalue weighted by Crippen LogP contribution is 2.44. The van der Waals surface area contributed by atoms with Crippen molar-refractivity contribution >= 4 is 11.9 Å². The van der Waals surface area contributed by atoms with Gasteiger partial charge in [-0.05, 0) is 34.6 Å². The van der Waals surface area contributed by atoms with Crippen LogP contribution in [-0.2, 0) is 14.3 Å². The summed E-state index contributed by atoms with van der Waals surface area (Å²) >= 11 is 0. The van der Waals surface area contributed by atoms with Crippen LogP contribution in [0.1, 0.15) is 55.6 Å². The highest BCUT2D eigenvalue weighted by Gasteiger charge is 2.29. The highest BCUT2D eigenvalue weighted by molar-refractivity contribution is 5.79. The van der Waals surface area contributed by atoms with E-state index in [9.17, 15) is 14.7 Å². The number of esters is 1. The molecule has 1 atom stereocenters. The van der Waals surface area contributed by atoms with Crippen molar-refractivity contribution in [2.45, 2.75) is 50.5 Å². The fourth-order valence-corrected chi connectivity index (χ4v) is 4.90. The predicted molar refractivity (Wildman–Crippen MR) is 115 cm³/mol. The van der Waals surface area contributed by atoms with Gasteiger partial charge in [0.2, 0.25) is 0 Å². The number of ether oxygens (including phenoxy) is 1. The fourth-order valence-electron chi connectivity index (χ4n) is 4.90. The van der Waals surface area contributed by atoms with Gasteiger partial charge in [0.15, 0.2) is 0 Å². The van der Waals surface area contributed by atoms with Crippen LogP contribution < -0.4 is 5.32 Å². The minimum Gasteiger partial charge on any atom is -0.480 e. The van der Waals surface area contributed by atoms with Gasteiger partial charge in [0.05, 0.1) is 6.54 Å². The number of carboxylic acid groups (broad SMARTS) is 1. The Morgan fingerprint density at radius 2 is 1.57 bits per heavy atom. The Morgan fingerprint density at radius 3 is 2.17 bits per heavy atom. The van der Waals surface area contributed by atoms with E-state index in [1.807, 2.05) is 24.3 Å². The van der Waals surface area contributed by atoms with E-state index in [-0.39, 0.29) is 19.1 Å². The number of carboxylic acids is 1. The van der Waals surface area contributed by atoms with Crippen LogP contribution in [0.2, 0.25) is 0 Å². The minimum absolute atomic E-state index is 0.0128. The third-order valence-corrected chi connectivity index (χ3v) is 6.46. The first kappa shape index (κ1) is 20.6. The molecule has 5 nitrogen and oxygen atoms in total. The average Bonchev–Trinajstić information content (AvgIpc) is 3.09. The van der Waals surface area contributed by atoms with Gasteiger partial charge in [-0.15, -0.1) is 0 Å². The zero-order valence-corrected chi connectivity index (χ0v) is 17.2. The van der Waals surface area contributed by atoms with Gasteiger partial charge in [0.25, 0.3) is 0 Å². The zero-order valence-electron chi connectivity index (χ0n) is 17.2. The first-order valence-electron chi connectivity index (χ1n) is 10.9. The number of carbonyl (C=O) groups excluding carboxylic acids is 1. The highest BCUT2D eigenvalue weighted by atomic mass is 16.5. The summed E-state index contributed by atoms with van der Waals surface area (Å²) in [4.78, 5) is 24.0. The van der Waals surface area contributed by atoms with E-state index in [4.69, 9.17) is 4.74 Å². The van der Waals surface area contributed by atoms with E-state index in [1.54, 1.807) is 0 Å². The van der Waals surface area contributed by atoms with Crippen LogP contribution in [0.15, 0.2) is 48.5 Å². The Bertz CT molecular complexity index is 858. The molecule has 158 valence electrons. The van der Waals surface area contributed by atoms with Gasteiger partial charge in [-0.1, -0.05) is 80.6 Å². The maximum atomic E-state index is 12.4. The van der Waals surface area contributed by atoms with Crippen molar-refractivity contribution in [2.75, 3.05) is 13.2 Å². The molecule has 0 amide bonds. The summed E-state index contributed by atoms with van der Waals surface area (Å²) < 4.78 is 5.57. The first-order valence-corrected chi connectivity index (χ1v) is 10.9. The number of fused-ring (bicyclic) bond motifs is 3. The number of hydrogen-bond donors (Lipinski definition) is 2. The minimum atomic E-state index is -0.896. The largest absolute Gasteiger partial charge is 0.480 e. The molecule has 2 aliphatic rings. The maximum absolute atomic E-state index is 12.4. The topological polar surface area (TPSA) is 75.6 Å². The lowest BCUT2D eigenvalue weighted by Crippen LogP contribution is -2.41. The molecule has 0 unspecified atom stereocenters. The number of aliphatic carboxylic acids is 1. The Hall–Kier alpha value is -2.66. The summed E-state index contributed by atoms with van der Waals surface area (Å²) in [5.41, 5.74) is 4.71. The standard InChI is InChI=1S/C25H29NO4/c27-24(15-26-23(25(28)29)14-17-8-2-1-3-9-17)30-16-22-20-12-6-4-10-18(20)19-11-5-7-13-21(19)22/h4-7,10-13,17,22-23,26H,1-3,8-9,14-16H2,(H,28,29)/t23-/m0/s1. The van der Waals surface area contributed by atoms with E-state index >= 15 is 0 Å². The number of nitrogens with one attached hydrogen (secondary N) is 1. The van der Waals surface area contributed by atoms with Gasteiger partial charge in [-0.3, -0.25) is 14.9 Å². The SMILES string of the molecule is O=C(CN[C@@H](CC1CCCCC1)C(=O)O)OCC1c2ccccc2-c2ccccc21. The molecule has 0 bridgehead atoms. The average molecular weight is 408 g/mol. The molecule has 0 aliphatic heterocycles. The zero-order chi connectivity index (χ0) is 20.9. The normalized spacial score (nSPS) is 17.2. The van der Waals surface area contributed by atoms with Crippen molar-refractivity contribution in [3.8, 4) is 11.1 Å². The molecule has 4 rings (SSSR count). The van der Waals surface area contributed by atoms with Crippen molar-refractivity contribution < 1.29 is 19.4 Å². The molecule has 0 spiro atoms. The first-order chi connectivity index (χ1) is 14.6. The second-order valence-corrected chi connectivity index (χ2v) is 8.42. The monoisotopic (exact) mass is 407 g/mol. The molecular weight excluding hydrogens is 378 g/mol. The number of benzene rings is 2. The van der Waals surface area contributed by atoms with Gasteiger partial charge in [-0.25, -0.2) is 0 Å². The smallest absolute Gasteiger partial charge is 0.320 e. The quantitative estimate of drug-likeness (QED) is 0.636. The van der Waals surface area contributed by atoms with Gasteiger partial charge < -0.3 is 9.84 Å². The van der Waals surface area contributed by atoms with Crippen molar-refractivity contribution in [1.82, 2.24) is 5.32 Å². The molecule has 5 heteroatoms. The molecule has 2 aromatic rings. The van der Waals surface area contributed by atoms with Gasteiger partial charge in [0.1, 0.15) is 12.6 Å². The molecule has 30 heavy (non-hydrogen) atoms. The van der Waals surface area contributed by atoms with Crippen LogP contribution in [0.4, 0.5) is 0 Å². The number of rotatable bonds is 8. The molecule has 0 radical (unpaired) electrons. The van der Waals surface area contributed by atoms with E-state index < -0.39 is 18.0 Å². The van der Waals surface area contributed by atoms with Crippen LogP contribution in [0.3, 0.4) is 0 Å². The molecule has 2 N–H and O–H groups in total. The molecule has 0 heterocycles. The Balaban J connectivity index is 1.33. The lowest BCUT2D eigenvalue weighted by molar-refractivity contribution is -0.144. The number of carbonyl (C=O) groups is 2. The van der Waals surface area contributed by atoms with E-state index in [0.717, 1.165) is 12.8 Å².